The third kappa shape index (κ3) is 3.56. The standard InChI is InChI=1S/C18H13N3O7/c22-15(19-11-3-1-10(2-4-11)18(25)26)7-8-20-16(23)13-6-5-12(21(27)28)9-14(13)17(20)24/h1-6,9H,7-8H2,(H,19,22)(H,25,26). The van der Waals surface area contributed by atoms with Crippen molar-refractivity contribution in [1.29, 1.82) is 0 Å². The van der Waals surface area contributed by atoms with Gasteiger partial charge in [-0.3, -0.25) is 29.4 Å². The highest BCUT2D eigenvalue weighted by Gasteiger charge is 2.36. The van der Waals surface area contributed by atoms with E-state index in [1.165, 1.54) is 30.3 Å². The molecular formula is C18H13N3O7. The summed E-state index contributed by atoms with van der Waals surface area (Å²) in [6.45, 7) is -0.195. The number of rotatable bonds is 6. The number of non-ortho nitro benzene ring substituents is 1. The number of carboxylic acids is 1. The van der Waals surface area contributed by atoms with Crippen molar-refractivity contribution in [3.63, 3.8) is 0 Å². The molecule has 28 heavy (non-hydrogen) atoms. The summed E-state index contributed by atoms with van der Waals surface area (Å²) < 4.78 is 0. The van der Waals surface area contributed by atoms with Crippen molar-refractivity contribution in [2.75, 3.05) is 11.9 Å². The van der Waals surface area contributed by atoms with Crippen molar-refractivity contribution < 1.29 is 29.2 Å². The number of benzene rings is 2. The summed E-state index contributed by atoms with van der Waals surface area (Å²) in [7, 11) is 0. The number of carbonyl (C=O) groups is 4. The van der Waals surface area contributed by atoms with Crippen molar-refractivity contribution in [3.8, 4) is 0 Å². The Morgan fingerprint density at radius 3 is 2.29 bits per heavy atom. The third-order valence-electron chi connectivity index (χ3n) is 4.14. The number of nitrogens with zero attached hydrogens (tertiary/aromatic N) is 2. The fraction of sp³-hybridized carbons (Fsp3) is 0.111. The predicted octanol–water partition coefficient (Wildman–Crippen LogP) is 1.92. The quantitative estimate of drug-likeness (QED) is 0.440. The van der Waals surface area contributed by atoms with Gasteiger partial charge in [0.15, 0.2) is 0 Å². The van der Waals surface area contributed by atoms with Crippen molar-refractivity contribution in [3.05, 3.63) is 69.3 Å². The second kappa shape index (κ2) is 7.27. The van der Waals surface area contributed by atoms with E-state index in [1.807, 2.05) is 0 Å². The van der Waals surface area contributed by atoms with Crippen LogP contribution in [-0.4, -0.2) is 45.2 Å². The lowest BCUT2D eigenvalue weighted by atomic mass is 10.1. The van der Waals surface area contributed by atoms with E-state index < -0.39 is 28.6 Å². The lowest BCUT2D eigenvalue weighted by Crippen LogP contribution is -2.32. The van der Waals surface area contributed by atoms with Gasteiger partial charge in [-0.1, -0.05) is 0 Å². The fourth-order valence-corrected chi connectivity index (χ4v) is 2.73. The molecule has 142 valence electrons. The first-order valence-electron chi connectivity index (χ1n) is 8.06. The van der Waals surface area contributed by atoms with Crippen LogP contribution in [0.5, 0.6) is 0 Å². The minimum absolute atomic E-state index is 0.0558. The Labute approximate surface area is 157 Å². The van der Waals surface area contributed by atoms with Crippen LogP contribution in [0.25, 0.3) is 0 Å². The lowest BCUT2D eigenvalue weighted by molar-refractivity contribution is -0.384. The Kier molecular flexibility index (Phi) is 4.86. The Balaban J connectivity index is 1.63. The summed E-state index contributed by atoms with van der Waals surface area (Å²) in [5, 5.41) is 22.2. The Morgan fingerprint density at radius 1 is 1.04 bits per heavy atom. The van der Waals surface area contributed by atoms with Crippen LogP contribution in [0.1, 0.15) is 37.5 Å². The average Bonchev–Trinajstić information content (AvgIpc) is 2.90. The highest BCUT2D eigenvalue weighted by molar-refractivity contribution is 6.21. The number of fused-ring (bicyclic) bond motifs is 1. The first kappa shape index (κ1) is 18.7. The molecule has 0 fully saturated rings. The molecule has 0 unspecified atom stereocenters. The van der Waals surface area contributed by atoms with Gasteiger partial charge >= 0.3 is 5.97 Å². The van der Waals surface area contributed by atoms with Crippen LogP contribution >= 0.6 is 0 Å². The Bertz CT molecular complexity index is 1010. The zero-order valence-corrected chi connectivity index (χ0v) is 14.2. The van der Waals surface area contributed by atoms with Crippen molar-refractivity contribution in [2.24, 2.45) is 0 Å². The molecule has 1 heterocycles. The number of aromatic carboxylic acids is 1. The average molecular weight is 383 g/mol. The monoisotopic (exact) mass is 383 g/mol. The van der Waals surface area contributed by atoms with Gasteiger partial charge in [0.2, 0.25) is 5.91 Å². The van der Waals surface area contributed by atoms with Gasteiger partial charge in [0.25, 0.3) is 17.5 Å². The van der Waals surface area contributed by atoms with E-state index in [2.05, 4.69) is 5.32 Å². The molecule has 10 nitrogen and oxygen atoms in total. The van der Waals surface area contributed by atoms with E-state index >= 15 is 0 Å². The maximum atomic E-state index is 12.3. The summed E-state index contributed by atoms with van der Waals surface area (Å²) in [6, 6.07) is 8.90. The van der Waals surface area contributed by atoms with E-state index in [-0.39, 0.29) is 35.3 Å². The van der Waals surface area contributed by atoms with E-state index in [1.54, 1.807) is 0 Å². The Morgan fingerprint density at radius 2 is 1.68 bits per heavy atom. The van der Waals surface area contributed by atoms with Crippen molar-refractivity contribution in [1.82, 2.24) is 4.90 Å². The molecule has 3 amide bonds. The van der Waals surface area contributed by atoms with Crippen LogP contribution in [-0.2, 0) is 4.79 Å². The first-order chi connectivity index (χ1) is 13.3. The minimum Gasteiger partial charge on any atom is -0.478 e. The van der Waals surface area contributed by atoms with Gasteiger partial charge in [-0.05, 0) is 30.3 Å². The molecule has 2 aromatic rings. The first-order valence-corrected chi connectivity index (χ1v) is 8.06. The van der Waals surface area contributed by atoms with Gasteiger partial charge in [-0.25, -0.2) is 4.79 Å². The van der Waals surface area contributed by atoms with Gasteiger partial charge in [0, 0.05) is 30.8 Å². The minimum atomic E-state index is -1.09. The zero-order chi connectivity index (χ0) is 20.4. The number of carboxylic acid groups (broad SMARTS) is 1. The smallest absolute Gasteiger partial charge is 0.335 e. The van der Waals surface area contributed by atoms with Crippen molar-refractivity contribution in [2.45, 2.75) is 6.42 Å². The van der Waals surface area contributed by atoms with E-state index in [0.29, 0.717) is 5.69 Å². The molecule has 0 saturated carbocycles. The number of anilines is 1. The normalized spacial score (nSPS) is 12.6. The SMILES string of the molecule is O=C(CCN1C(=O)c2ccc([N+](=O)[O-])cc2C1=O)Nc1ccc(C(=O)O)cc1. The Hall–Kier alpha value is -4.08. The molecule has 10 heteroatoms. The van der Waals surface area contributed by atoms with E-state index in [0.717, 1.165) is 17.0 Å². The fourth-order valence-electron chi connectivity index (χ4n) is 2.73. The highest BCUT2D eigenvalue weighted by atomic mass is 16.6. The van der Waals surface area contributed by atoms with Crippen LogP contribution in [0.2, 0.25) is 0 Å². The molecule has 0 aliphatic carbocycles. The lowest BCUT2D eigenvalue weighted by Gasteiger charge is -2.13. The number of carbonyl (C=O) groups excluding carboxylic acids is 3. The van der Waals surface area contributed by atoms with Crippen LogP contribution in [0, 0.1) is 10.1 Å². The molecule has 0 atom stereocenters. The molecule has 3 rings (SSSR count). The molecule has 0 aromatic heterocycles. The molecule has 2 N–H and O–H groups in total. The van der Waals surface area contributed by atoms with Crippen LogP contribution in [0.3, 0.4) is 0 Å². The topological polar surface area (TPSA) is 147 Å². The van der Waals surface area contributed by atoms with Crippen molar-refractivity contribution >= 4 is 35.1 Å². The third-order valence-corrected chi connectivity index (χ3v) is 4.14. The van der Waals surface area contributed by atoms with E-state index in [9.17, 15) is 29.3 Å². The van der Waals surface area contributed by atoms with Crippen LogP contribution in [0.15, 0.2) is 42.5 Å². The number of amides is 3. The van der Waals surface area contributed by atoms with Crippen LogP contribution < -0.4 is 5.32 Å². The van der Waals surface area contributed by atoms with Gasteiger partial charge in [-0.2, -0.15) is 0 Å². The number of nitro benzene ring substituents is 1. The molecule has 1 aliphatic heterocycles. The number of nitro groups is 1. The number of imide groups is 1. The number of nitrogens with one attached hydrogen (secondary N) is 1. The molecule has 0 bridgehead atoms. The summed E-state index contributed by atoms with van der Waals surface area (Å²) in [5.74, 6) is -2.88. The largest absolute Gasteiger partial charge is 0.478 e. The summed E-state index contributed by atoms with van der Waals surface area (Å²) in [6.07, 6.45) is -0.186. The maximum Gasteiger partial charge on any atom is 0.335 e. The summed E-state index contributed by atoms with van der Waals surface area (Å²) in [4.78, 5) is 58.5. The molecule has 1 aliphatic rings. The molecule has 2 aromatic carbocycles. The van der Waals surface area contributed by atoms with Gasteiger partial charge in [-0.15, -0.1) is 0 Å². The summed E-state index contributed by atoms with van der Waals surface area (Å²) >= 11 is 0. The van der Waals surface area contributed by atoms with Gasteiger partial charge < -0.3 is 10.4 Å². The molecule has 0 spiro atoms. The second-order valence-electron chi connectivity index (χ2n) is 5.93. The molecule has 0 saturated heterocycles. The second-order valence-corrected chi connectivity index (χ2v) is 5.93. The molecular weight excluding hydrogens is 370 g/mol. The zero-order valence-electron chi connectivity index (χ0n) is 14.2. The van der Waals surface area contributed by atoms with Gasteiger partial charge in [0.1, 0.15) is 0 Å². The van der Waals surface area contributed by atoms with E-state index in [4.69, 9.17) is 5.11 Å². The maximum absolute atomic E-state index is 12.3. The number of hydrogen-bond donors (Lipinski definition) is 2. The van der Waals surface area contributed by atoms with Gasteiger partial charge in [0.05, 0.1) is 21.6 Å². The van der Waals surface area contributed by atoms with Crippen LogP contribution in [0.4, 0.5) is 11.4 Å². The highest BCUT2D eigenvalue weighted by Crippen LogP contribution is 2.26. The number of hydrogen-bond acceptors (Lipinski definition) is 6. The summed E-state index contributed by atoms with van der Waals surface area (Å²) in [5.41, 5.74) is 0.125. The predicted molar refractivity (Wildman–Crippen MR) is 95.1 cm³/mol. The molecule has 0 radical (unpaired) electrons.